The molecule has 11 atom stereocenters. The summed E-state index contributed by atoms with van der Waals surface area (Å²) in [5.41, 5.74) is 1.77. The van der Waals surface area contributed by atoms with Crippen LogP contribution in [0.1, 0.15) is 96.0 Å². The van der Waals surface area contributed by atoms with E-state index in [1.54, 1.807) is 18.2 Å². The maximum atomic E-state index is 12.5. The van der Waals surface area contributed by atoms with Gasteiger partial charge in [0.15, 0.2) is 6.29 Å². The molecule has 1 amide bonds. The van der Waals surface area contributed by atoms with E-state index in [2.05, 4.69) is 10.3 Å². The molecule has 0 saturated carbocycles. The molecule has 2 fully saturated rings. The summed E-state index contributed by atoms with van der Waals surface area (Å²) in [4.78, 5) is 15.7. The number of hydrogen-bond acceptors (Lipinski definition) is 13. The van der Waals surface area contributed by atoms with Crippen LogP contribution in [0.25, 0.3) is 10.9 Å². The molecule has 3 heterocycles. The van der Waals surface area contributed by atoms with E-state index in [0.717, 1.165) is 55.0 Å². The lowest BCUT2D eigenvalue weighted by Crippen LogP contribution is -2.62. The van der Waals surface area contributed by atoms with Crippen LogP contribution in [0, 0.1) is 0 Å². The van der Waals surface area contributed by atoms with Crippen LogP contribution in [0.3, 0.4) is 0 Å². The predicted octanol–water partition coefficient (Wildman–Crippen LogP) is 1.28. The summed E-state index contributed by atoms with van der Waals surface area (Å²) in [6.45, 7) is 1.36. The minimum atomic E-state index is -1.68. The summed E-state index contributed by atoms with van der Waals surface area (Å²) in [6, 6.07) is 5.18. The van der Waals surface area contributed by atoms with Crippen molar-refractivity contribution < 1.29 is 64.6 Å². The average molecular weight is 755 g/mol. The fourth-order valence-electron chi connectivity index (χ4n) is 6.83. The van der Waals surface area contributed by atoms with Crippen molar-refractivity contribution in [2.75, 3.05) is 19.8 Å². The number of nitrogens with one attached hydrogen (secondary N) is 2. The highest BCUT2D eigenvalue weighted by atomic mass is 16.7. The third-order valence-corrected chi connectivity index (χ3v) is 10.3. The highest BCUT2D eigenvalue weighted by Crippen LogP contribution is 2.29. The largest absolute Gasteiger partial charge is 0.462 e. The summed E-state index contributed by atoms with van der Waals surface area (Å²) < 4.78 is 22.5. The molecule has 0 bridgehead atoms. The number of fused-ring (bicyclic) bond motifs is 1. The Morgan fingerprint density at radius 1 is 0.811 bits per heavy atom. The second-order valence-corrected chi connectivity index (χ2v) is 14.4. The molecule has 0 unspecified atom stereocenters. The molecule has 0 spiro atoms. The molecule has 1 aromatic carbocycles. The Bertz CT molecular complexity index is 1340. The van der Waals surface area contributed by atoms with Crippen molar-refractivity contribution in [3.05, 3.63) is 30.0 Å². The monoisotopic (exact) mass is 754 g/mol. The Balaban J connectivity index is 1.16. The first-order chi connectivity index (χ1) is 25.5. The zero-order valence-electron chi connectivity index (χ0n) is 30.8. The molecule has 4 rings (SSSR count). The Hall–Kier alpha value is -2.41. The number of hydrogen-bond donors (Lipinski definition) is 10. The van der Waals surface area contributed by atoms with Gasteiger partial charge < -0.3 is 70.1 Å². The summed E-state index contributed by atoms with van der Waals surface area (Å²) in [5.74, 6) is 0.336. The summed E-state index contributed by atoms with van der Waals surface area (Å²) in [7, 11) is 0. The molecule has 15 nitrogen and oxygen atoms in total. The first kappa shape index (κ1) is 43.3. The Kier molecular flexibility index (Phi) is 18.2. The van der Waals surface area contributed by atoms with E-state index in [1.165, 1.54) is 38.5 Å². The maximum absolute atomic E-state index is 12.5. The quantitative estimate of drug-likeness (QED) is 0.0720. The van der Waals surface area contributed by atoms with Crippen molar-refractivity contribution in [2.45, 2.75) is 164 Å². The van der Waals surface area contributed by atoms with Gasteiger partial charge in [-0.2, -0.15) is 0 Å². The molecule has 0 radical (unpaired) electrons. The molecular formula is C38H62N2O13. The van der Waals surface area contributed by atoms with Crippen LogP contribution in [0.15, 0.2) is 24.4 Å². The van der Waals surface area contributed by atoms with Gasteiger partial charge in [-0.25, -0.2) is 0 Å². The van der Waals surface area contributed by atoms with Crippen molar-refractivity contribution in [3.63, 3.8) is 0 Å². The number of aliphatic hydroxyl groups is 8. The molecular weight excluding hydrogens is 692 g/mol. The highest BCUT2D eigenvalue weighted by Gasteiger charge is 2.48. The Morgan fingerprint density at radius 2 is 1.42 bits per heavy atom. The molecule has 2 aliphatic heterocycles. The number of rotatable bonds is 23. The normalized spacial score (nSPS) is 29.7. The van der Waals surface area contributed by atoms with E-state index in [0.29, 0.717) is 25.1 Å². The van der Waals surface area contributed by atoms with Crippen molar-refractivity contribution in [1.82, 2.24) is 10.3 Å². The van der Waals surface area contributed by atoms with Crippen molar-refractivity contribution in [1.29, 1.82) is 0 Å². The van der Waals surface area contributed by atoms with E-state index in [-0.39, 0.29) is 12.0 Å². The van der Waals surface area contributed by atoms with Gasteiger partial charge in [-0.1, -0.05) is 64.7 Å². The minimum absolute atomic E-state index is 0.0244. The van der Waals surface area contributed by atoms with Gasteiger partial charge in [0, 0.05) is 30.1 Å². The topological polar surface area (TPSA) is 244 Å². The number of aliphatic hydroxyl groups excluding tert-OH is 8. The summed E-state index contributed by atoms with van der Waals surface area (Å²) >= 11 is 0. The number of benzene rings is 1. The fraction of sp³-hybridized carbons (Fsp3) is 0.763. The number of aromatic nitrogens is 1. The standard InChI is InChI=1S/C38H62N2O13/c1-2-24(42)13-11-9-7-5-3-4-6-8-10-12-14-30(43)39-18-17-23-20-40-27-16-15-25(19-26(23)27)51-38-36(49)34(47)32(45)29(53-38)22-50-37-35(48)33(46)31(44)28(21-41)52-37/h15-16,19-20,24,28-29,31-38,40-42,44-49H,2-14,17-18,21-22H2,1H3,(H,39,43)/t24-,28+,29+,31+,32+,33-,34-,35+,36+,37+,38+/m0/s1. The smallest absolute Gasteiger partial charge is 0.229 e. The number of unbranched alkanes of at least 4 members (excludes halogenated alkanes) is 9. The van der Waals surface area contributed by atoms with Crippen LogP contribution < -0.4 is 10.1 Å². The molecule has 2 saturated heterocycles. The van der Waals surface area contributed by atoms with Gasteiger partial charge in [0.1, 0.15) is 54.6 Å². The third-order valence-electron chi connectivity index (χ3n) is 10.3. The number of H-pyrrole nitrogens is 1. The zero-order valence-corrected chi connectivity index (χ0v) is 30.8. The van der Waals surface area contributed by atoms with Crippen LogP contribution in [0.4, 0.5) is 0 Å². The number of aromatic amines is 1. The third kappa shape index (κ3) is 12.8. The van der Waals surface area contributed by atoms with E-state index >= 15 is 0 Å². The first-order valence-corrected chi connectivity index (χ1v) is 19.4. The molecule has 2 aliphatic rings. The lowest BCUT2D eigenvalue weighted by atomic mass is 9.98. The van der Waals surface area contributed by atoms with Crippen LogP contribution in [0.2, 0.25) is 0 Å². The first-order valence-electron chi connectivity index (χ1n) is 19.4. The van der Waals surface area contributed by atoms with Crippen LogP contribution >= 0.6 is 0 Å². The Morgan fingerprint density at radius 3 is 2.08 bits per heavy atom. The van der Waals surface area contributed by atoms with Crippen molar-refractivity contribution in [2.24, 2.45) is 0 Å². The average Bonchev–Trinajstić information content (AvgIpc) is 3.56. The number of ether oxygens (including phenoxy) is 4. The molecule has 10 N–H and O–H groups in total. The molecule has 1 aromatic heterocycles. The molecule has 53 heavy (non-hydrogen) atoms. The second-order valence-electron chi connectivity index (χ2n) is 14.4. The highest BCUT2D eigenvalue weighted by molar-refractivity contribution is 5.84. The van der Waals surface area contributed by atoms with Gasteiger partial charge in [-0.05, 0) is 49.4 Å². The van der Waals surface area contributed by atoms with Gasteiger partial charge >= 0.3 is 0 Å². The molecule has 302 valence electrons. The number of carbonyl (C=O) groups is 1. The zero-order chi connectivity index (χ0) is 38.3. The maximum Gasteiger partial charge on any atom is 0.229 e. The van der Waals surface area contributed by atoms with Crippen LogP contribution in [-0.4, -0.2) is 139 Å². The fourth-order valence-corrected chi connectivity index (χ4v) is 6.83. The van der Waals surface area contributed by atoms with Gasteiger partial charge in [0.25, 0.3) is 0 Å². The number of carbonyl (C=O) groups excluding carboxylic acids is 1. The lowest BCUT2D eigenvalue weighted by molar-refractivity contribution is -0.323. The van der Waals surface area contributed by atoms with E-state index in [1.807, 2.05) is 13.1 Å². The van der Waals surface area contributed by atoms with Gasteiger partial charge in [-0.3, -0.25) is 4.79 Å². The number of amides is 1. The SMILES string of the molecule is CC[C@H](O)CCCCCCCCCCCCC(=O)NCCc1c[nH]c2ccc(O[C@@H]3O[C@H](CO[C@@H]4O[C@H](CO)[C@@H](O)[C@H](O)[C@H]4O)[C@@H](O)[C@H](O)[C@H]3O)cc12. The van der Waals surface area contributed by atoms with Gasteiger partial charge in [-0.15, -0.1) is 0 Å². The summed E-state index contributed by atoms with van der Waals surface area (Å²) in [6.07, 6.45) is 0.845. The molecule has 0 aliphatic carbocycles. The van der Waals surface area contributed by atoms with Gasteiger partial charge in [0.05, 0.1) is 19.3 Å². The predicted molar refractivity (Wildman–Crippen MR) is 194 cm³/mol. The van der Waals surface area contributed by atoms with E-state index < -0.39 is 74.6 Å². The van der Waals surface area contributed by atoms with Crippen LogP contribution in [-0.2, 0) is 25.4 Å². The lowest BCUT2D eigenvalue weighted by Gasteiger charge is -2.42. The van der Waals surface area contributed by atoms with Crippen LogP contribution in [0.5, 0.6) is 5.75 Å². The molecule has 15 heteroatoms. The molecule has 2 aromatic rings. The summed E-state index contributed by atoms with van der Waals surface area (Å²) in [5, 5.41) is 84.9. The second kappa shape index (κ2) is 22.2. The minimum Gasteiger partial charge on any atom is -0.462 e. The Labute approximate surface area is 311 Å². The van der Waals surface area contributed by atoms with Crippen molar-refractivity contribution >= 4 is 16.8 Å². The van der Waals surface area contributed by atoms with Gasteiger partial charge in [0.2, 0.25) is 12.2 Å². The van der Waals surface area contributed by atoms with E-state index in [9.17, 15) is 45.6 Å². The van der Waals surface area contributed by atoms with Crippen molar-refractivity contribution in [3.8, 4) is 5.75 Å². The van der Waals surface area contributed by atoms with E-state index in [4.69, 9.17) is 18.9 Å².